The van der Waals surface area contributed by atoms with E-state index in [4.69, 9.17) is 0 Å². The van der Waals surface area contributed by atoms with Crippen molar-refractivity contribution in [3.05, 3.63) is 249 Å². The van der Waals surface area contributed by atoms with E-state index in [9.17, 15) is 0 Å². The van der Waals surface area contributed by atoms with Crippen molar-refractivity contribution in [2.24, 2.45) is 0 Å². The zero-order valence-corrected chi connectivity index (χ0v) is 54.5. The average Bonchev–Trinajstić information content (AvgIpc) is 1.51. The number of benzene rings is 11. The zero-order valence-electron chi connectivity index (χ0n) is 54.5. The maximum Gasteiger partial charge on any atom is 0.0634 e. The average molecular weight is 1160 g/mol. The van der Waals surface area contributed by atoms with Crippen molar-refractivity contribution < 1.29 is 0 Å². The fraction of sp³-hybridized carbons (Fsp3) is 0.224. The number of aromatic nitrogens is 2. The lowest BCUT2D eigenvalue weighted by Gasteiger charge is -2.29. The molecular weight excluding hydrogens is 1080 g/mol. The number of hydrogen-bond acceptors (Lipinski definition) is 2. The molecule has 11 aromatic carbocycles. The quantitative estimate of drug-likeness (QED) is 0.121. The summed E-state index contributed by atoms with van der Waals surface area (Å²) in [5.41, 5.74) is 34.1. The van der Waals surface area contributed by atoms with Gasteiger partial charge in [0.1, 0.15) is 0 Å². The van der Waals surface area contributed by atoms with Crippen LogP contribution in [0.3, 0.4) is 0 Å². The summed E-state index contributed by atoms with van der Waals surface area (Å²) in [6, 6.07) is 72.9. The van der Waals surface area contributed by atoms with Crippen molar-refractivity contribution >= 4 is 110 Å². The predicted molar refractivity (Wildman–Crippen MR) is 386 cm³/mol. The lowest BCUT2D eigenvalue weighted by molar-refractivity contribution is 0.845. The summed E-state index contributed by atoms with van der Waals surface area (Å²) in [5.74, 6) is 1.68. The molecule has 0 bridgehead atoms. The number of rotatable bonds is 12. The lowest BCUT2D eigenvalue weighted by atomic mass is 9.89. The fourth-order valence-electron chi connectivity index (χ4n) is 17.0. The van der Waals surface area contributed by atoms with Crippen LogP contribution < -0.4 is 9.80 Å². The Hall–Kier alpha value is -9.38. The van der Waals surface area contributed by atoms with E-state index in [1.165, 1.54) is 177 Å². The molecule has 4 aromatic heterocycles. The van der Waals surface area contributed by atoms with Crippen LogP contribution in [0.5, 0.6) is 0 Å². The van der Waals surface area contributed by atoms with E-state index >= 15 is 0 Å². The lowest BCUT2D eigenvalue weighted by Crippen LogP contribution is -2.13. The SMILES string of the molecule is Cc1cc(N(c2cc(C)c(C(C)C)c(C)c2)c2ccc3c4cccc5c6c(-c7ccccc7)c7c(c(-c8ccccc8)c6n(c3c2)c45)c2cccc3c4ccc(N(c5cc(C)c(C(C)C)c(C)c5)c5cc(C)c(C(C)C)c(C)c5)cc4n7c32)ccc1C(C)C. The monoisotopic (exact) mass is 1160 g/mol. The van der Waals surface area contributed by atoms with E-state index < -0.39 is 0 Å². The zero-order chi connectivity index (χ0) is 61.7. The Kier molecular flexibility index (Phi) is 13.2. The highest BCUT2D eigenvalue weighted by molar-refractivity contribution is 6.38. The van der Waals surface area contributed by atoms with Crippen LogP contribution in [-0.2, 0) is 0 Å². The van der Waals surface area contributed by atoms with E-state index in [0.29, 0.717) is 23.7 Å². The van der Waals surface area contributed by atoms with Crippen molar-refractivity contribution in [2.45, 2.75) is 128 Å². The molecular formula is C85H80N4. The molecule has 0 radical (unpaired) electrons. The number of hydrogen-bond donors (Lipinski definition) is 0. The van der Waals surface area contributed by atoms with Crippen LogP contribution in [0.25, 0.3) is 98.4 Å². The molecule has 0 saturated carbocycles. The number of aryl methyl sites for hydroxylation is 7. The maximum absolute atomic E-state index is 2.67. The third kappa shape index (κ3) is 8.46. The van der Waals surface area contributed by atoms with Crippen LogP contribution in [0.15, 0.2) is 188 Å². The first-order valence-electron chi connectivity index (χ1n) is 32.4. The molecule has 0 atom stereocenters. The van der Waals surface area contributed by atoms with Crippen molar-refractivity contribution in [1.29, 1.82) is 0 Å². The second-order valence-corrected chi connectivity index (χ2v) is 27.2. The summed E-state index contributed by atoms with van der Waals surface area (Å²) in [4.78, 5) is 5.05. The smallest absolute Gasteiger partial charge is 0.0634 e. The van der Waals surface area contributed by atoms with Gasteiger partial charge in [0.25, 0.3) is 0 Å². The predicted octanol–water partition coefficient (Wildman–Crippen LogP) is 24.9. The Labute approximate surface area is 525 Å². The van der Waals surface area contributed by atoms with Gasteiger partial charge in [-0.25, -0.2) is 0 Å². The van der Waals surface area contributed by atoms with Gasteiger partial charge >= 0.3 is 0 Å². The molecule has 15 rings (SSSR count). The van der Waals surface area contributed by atoms with Gasteiger partial charge in [-0.3, -0.25) is 0 Å². The summed E-state index contributed by atoms with van der Waals surface area (Å²) < 4.78 is 5.34. The second kappa shape index (κ2) is 20.9. The van der Waals surface area contributed by atoms with Crippen molar-refractivity contribution in [3.8, 4) is 22.3 Å². The van der Waals surface area contributed by atoms with Gasteiger partial charge in [0.15, 0.2) is 0 Å². The molecule has 440 valence electrons. The molecule has 0 aliphatic carbocycles. The van der Waals surface area contributed by atoms with Crippen molar-refractivity contribution in [2.75, 3.05) is 9.80 Å². The van der Waals surface area contributed by atoms with Gasteiger partial charge in [0, 0.05) is 88.3 Å². The molecule has 89 heavy (non-hydrogen) atoms. The number of para-hydroxylation sites is 2. The standard InChI is InChI=1S/C85H80N4/c1-47(2)66-35-32-60(38-51(66)9)86(63-39-52(10)75(48(3)4)53(11)40-63)61-33-36-67-69-28-22-30-71-80-79(59-26-20-17-21-27-59)85-81(78(58-24-18-16-19-25-58)84(80)88(82(69)71)73(67)45-61)72-31-23-29-70-68-37-34-62(46-74(68)89(85)83(70)72)87(64-41-54(12)76(49(5)6)55(13)42-64)65-43-56(14)77(50(7)8)57(15)44-65/h16-50H,1-15H3. The third-order valence-electron chi connectivity index (χ3n) is 20.0. The minimum Gasteiger partial charge on any atom is -0.310 e. The van der Waals surface area contributed by atoms with Crippen LogP contribution in [0.2, 0.25) is 0 Å². The highest BCUT2D eigenvalue weighted by atomic mass is 15.2. The number of nitrogens with zero attached hydrogens (tertiary/aromatic N) is 4. The maximum atomic E-state index is 2.67. The van der Waals surface area contributed by atoms with E-state index in [1.54, 1.807) is 0 Å². The van der Waals surface area contributed by atoms with E-state index in [2.05, 4.69) is 311 Å². The van der Waals surface area contributed by atoms with Crippen LogP contribution in [0.1, 0.15) is 140 Å². The molecule has 0 N–H and O–H groups in total. The Bertz CT molecular complexity index is 5200. The Morgan fingerprint density at radius 2 is 0.596 bits per heavy atom. The first-order chi connectivity index (χ1) is 42.9. The molecule has 4 heterocycles. The van der Waals surface area contributed by atoms with Gasteiger partial charge in [0.2, 0.25) is 0 Å². The normalized spacial score (nSPS) is 12.4. The second-order valence-electron chi connectivity index (χ2n) is 27.2. The first-order valence-corrected chi connectivity index (χ1v) is 32.4. The van der Waals surface area contributed by atoms with Crippen molar-refractivity contribution in [1.82, 2.24) is 8.80 Å². The van der Waals surface area contributed by atoms with Crippen molar-refractivity contribution in [3.63, 3.8) is 0 Å². The van der Waals surface area contributed by atoms with Gasteiger partial charge in [-0.2, -0.15) is 0 Å². The largest absolute Gasteiger partial charge is 0.310 e. The summed E-state index contributed by atoms with van der Waals surface area (Å²) in [6.07, 6.45) is 0. The minimum absolute atomic E-state index is 0.419. The molecule has 0 aliphatic rings. The summed E-state index contributed by atoms with van der Waals surface area (Å²) in [6.45, 7) is 34.6. The molecule has 0 amide bonds. The van der Waals surface area contributed by atoms with E-state index in [0.717, 1.165) is 17.1 Å². The van der Waals surface area contributed by atoms with Crippen LogP contribution in [-0.4, -0.2) is 8.80 Å². The topological polar surface area (TPSA) is 15.3 Å². The van der Waals surface area contributed by atoms with Gasteiger partial charge in [0.05, 0.1) is 33.1 Å². The highest BCUT2D eigenvalue weighted by Gasteiger charge is 2.32. The van der Waals surface area contributed by atoms with Crippen LogP contribution >= 0.6 is 0 Å². The van der Waals surface area contributed by atoms with E-state index in [-0.39, 0.29) is 0 Å². The van der Waals surface area contributed by atoms with Crippen LogP contribution in [0.4, 0.5) is 34.1 Å². The molecule has 0 fully saturated rings. The molecule has 0 unspecified atom stereocenters. The highest BCUT2D eigenvalue weighted by Crippen LogP contribution is 2.55. The first kappa shape index (κ1) is 56.2. The summed E-state index contributed by atoms with van der Waals surface area (Å²) in [7, 11) is 0. The molecule has 0 aliphatic heterocycles. The van der Waals surface area contributed by atoms with Gasteiger partial charge in [-0.05, 0) is 217 Å². The molecule has 4 heteroatoms. The fourth-order valence-corrected chi connectivity index (χ4v) is 17.0. The van der Waals surface area contributed by atoms with Crippen LogP contribution in [0, 0.1) is 48.5 Å². The Morgan fingerprint density at radius 3 is 0.944 bits per heavy atom. The molecule has 0 saturated heterocycles. The third-order valence-corrected chi connectivity index (χ3v) is 20.0. The number of fused-ring (bicyclic) bond motifs is 12. The minimum atomic E-state index is 0.419. The molecule has 15 aromatic rings. The number of anilines is 6. The summed E-state index contributed by atoms with van der Waals surface area (Å²) >= 11 is 0. The van der Waals surface area contributed by atoms with E-state index in [1.807, 2.05) is 0 Å². The van der Waals surface area contributed by atoms with Gasteiger partial charge < -0.3 is 18.6 Å². The Balaban J connectivity index is 1.09. The van der Waals surface area contributed by atoms with Gasteiger partial charge in [-0.1, -0.05) is 171 Å². The summed E-state index contributed by atoms with van der Waals surface area (Å²) in [5, 5.41) is 10.0. The molecule has 4 nitrogen and oxygen atoms in total. The Morgan fingerprint density at radius 1 is 0.270 bits per heavy atom. The molecule has 0 spiro atoms. The van der Waals surface area contributed by atoms with Gasteiger partial charge in [-0.15, -0.1) is 0 Å².